The van der Waals surface area contributed by atoms with Gasteiger partial charge in [-0.05, 0) is 49.2 Å². The van der Waals surface area contributed by atoms with E-state index in [2.05, 4.69) is 0 Å². The third-order valence-electron chi connectivity index (χ3n) is 3.84. The second-order valence-corrected chi connectivity index (χ2v) is 8.03. The lowest BCUT2D eigenvalue weighted by Crippen LogP contribution is -2.10. The molecular formula is C20H26O10S. The first kappa shape index (κ1) is 27.8. The first-order valence-corrected chi connectivity index (χ1v) is 10.5. The van der Waals surface area contributed by atoms with Crippen LogP contribution in [0.2, 0.25) is 0 Å². The fraction of sp³-hybridized carbons (Fsp3) is 0.300. The molecule has 0 aromatic heterocycles. The van der Waals surface area contributed by atoms with Crippen molar-refractivity contribution in [2.75, 3.05) is 13.2 Å². The van der Waals surface area contributed by atoms with Crippen molar-refractivity contribution < 1.29 is 48.6 Å². The van der Waals surface area contributed by atoms with E-state index in [1.807, 2.05) is 0 Å². The highest BCUT2D eigenvalue weighted by Gasteiger charge is 2.27. The fourth-order valence-electron chi connectivity index (χ4n) is 2.39. The Morgan fingerprint density at radius 2 is 1.13 bits per heavy atom. The molecule has 0 atom stereocenters. The number of rotatable bonds is 8. The second kappa shape index (κ2) is 11.9. The maximum Gasteiger partial charge on any atom is 0.338 e. The van der Waals surface area contributed by atoms with Crippen LogP contribution in [-0.2, 0) is 19.3 Å². The molecule has 0 aliphatic heterocycles. The lowest BCUT2D eigenvalue weighted by molar-refractivity contribution is 0.0495. The Bertz CT molecular complexity index is 939. The van der Waals surface area contributed by atoms with Crippen LogP contribution in [0, 0.1) is 0 Å². The number of carbonyl (C=O) groups excluding carboxylic acids is 2. The van der Waals surface area contributed by atoms with Crippen LogP contribution in [0.1, 0.15) is 47.4 Å². The molecule has 2 rings (SSSR count). The van der Waals surface area contributed by atoms with Gasteiger partial charge in [-0.25, -0.2) is 18.0 Å². The standard InChI is InChI=1S/C20H22O8S.2H2O/c1-3-9-27-19(23)13-5-7-15(21)17(11-13)29(25,26)18-12-14(6-8-16(18)22)20(24)28-10-4-2;;/h5-8,11-12,21-22H,3-4,9-10H2,1-2H3;2*1H2. The number of ether oxygens (including phenoxy) is 2. The third-order valence-corrected chi connectivity index (χ3v) is 5.66. The van der Waals surface area contributed by atoms with Crippen LogP contribution in [0.3, 0.4) is 0 Å². The Morgan fingerprint density at radius 1 is 0.774 bits per heavy atom. The maximum absolute atomic E-state index is 13.0. The molecule has 0 heterocycles. The summed E-state index contributed by atoms with van der Waals surface area (Å²) in [5, 5.41) is 20.1. The minimum absolute atomic E-state index is 0. The van der Waals surface area contributed by atoms with Gasteiger partial charge in [-0.3, -0.25) is 0 Å². The largest absolute Gasteiger partial charge is 0.507 e. The number of benzene rings is 2. The SMILES string of the molecule is CCCOC(=O)c1ccc(O)c(S(=O)(=O)c2cc(C(=O)OCCC)ccc2O)c1.O.O. The zero-order chi connectivity index (χ0) is 21.6. The zero-order valence-electron chi connectivity index (χ0n) is 17.0. The second-order valence-electron chi connectivity index (χ2n) is 6.14. The molecule has 0 radical (unpaired) electrons. The molecule has 0 spiro atoms. The molecular weight excluding hydrogens is 432 g/mol. The summed E-state index contributed by atoms with van der Waals surface area (Å²) in [6, 6.07) is 6.47. The Kier molecular flexibility index (Phi) is 10.7. The van der Waals surface area contributed by atoms with Crippen molar-refractivity contribution in [3.8, 4) is 11.5 Å². The van der Waals surface area contributed by atoms with E-state index in [1.54, 1.807) is 13.8 Å². The summed E-state index contributed by atoms with van der Waals surface area (Å²) >= 11 is 0. The first-order chi connectivity index (χ1) is 13.7. The van der Waals surface area contributed by atoms with Crippen LogP contribution < -0.4 is 0 Å². The van der Waals surface area contributed by atoms with Crippen molar-refractivity contribution in [2.45, 2.75) is 36.5 Å². The molecule has 6 N–H and O–H groups in total. The minimum atomic E-state index is -4.47. The summed E-state index contributed by atoms with van der Waals surface area (Å²) in [7, 11) is -4.47. The van der Waals surface area contributed by atoms with Crippen LogP contribution in [0.5, 0.6) is 11.5 Å². The van der Waals surface area contributed by atoms with Crippen LogP contribution in [0.15, 0.2) is 46.2 Å². The number of phenolic OH excluding ortho intramolecular Hbond substituents is 2. The average molecular weight is 458 g/mol. The predicted molar refractivity (Wildman–Crippen MR) is 110 cm³/mol. The van der Waals surface area contributed by atoms with Gasteiger partial charge in [-0.2, -0.15) is 0 Å². The van der Waals surface area contributed by atoms with Crippen molar-refractivity contribution in [1.82, 2.24) is 0 Å². The van der Waals surface area contributed by atoms with Crippen molar-refractivity contribution in [3.05, 3.63) is 47.5 Å². The molecule has 31 heavy (non-hydrogen) atoms. The number of hydrogen-bond donors (Lipinski definition) is 2. The van der Waals surface area contributed by atoms with E-state index in [4.69, 9.17) is 9.47 Å². The molecule has 0 saturated carbocycles. The normalized spacial score (nSPS) is 10.4. The zero-order valence-corrected chi connectivity index (χ0v) is 17.9. The lowest BCUT2D eigenvalue weighted by Gasteiger charge is -2.11. The van der Waals surface area contributed by atoms with Crippen molar-refractivity contribution >= 4 is 21.8 Å². The highest BCUT2D eigenvalue weighted by atomic mass is 32.2. The average Bonchev–Trinajstić information content (AvgIpc) is 2.70. The number of phenols is 2. The topological polar surface area (TPSA) is 190 Å². The van der Waals surface area contributed by atoms with E-state index in [-0.39, 0.29) is 35.3 Å². The van der Waals surface area contributed by atoms with Crippen molar-refractivity contribution in [2.24, 2.45) is 0 Å². The molecule has 0 bridgehead atoms. The Hall–Kier alpha value is -3.15. The van der Waals surface area contributed by atoms with Gasteiger partial charge in [0, 0.05) is 0 Å². The van der Waals surface area contributed by atoms with Crippen LogP contribution >= 0.6 is 0 Å². The molecule has 2 aromatic rings. The molecule has 10 nitrogen and oxygen atoms in total. The Balaban J connectivity index is 0.00000450. The molecule has 0 unspecified atom stereocenters. The number of hydrogen-bond acceptors (Lipinski definition) is 8. The van der Waals surface area contributed by atoms with E-state index in [0.717, 1.165) is 24.3 Å². The quantitative estimate of drug-likeness (QED) is 0.555. The van der Waals surface area contributed by atoms with Gasteiger partial charge in [-0.15, -0.1) is 0 Å². The summed E-state index contributed by atoms with van der Waals surface area (Å²) in [5.41, 5.74) is -0.152. The van der Waals surface area contributed by atoms with Gasteiger partial charge >= 0.3 is 11.9 Å². The number of sulfone groups is 1. The highest BCUT2D eigenvalue weighted by Crippen LogP contribution is 2.34. The summed E-state index contributed by atoms with van der Waals surface area (Å²) in [4.78, 5) is 22.9. The molecule has 0 amide bonds. The van der Waals surface area contributed by atoms with Crippen LogP contribution in [0.25, 0.3) is 0 Å². The van der Waals surface area contributed by atoms with E-state index in [1.165, 1.54) is 12.1 Å². The van der Waals surface area contributed by atoms with Crippen LogP contribution in [-0.4, -0.2) is 54.7 Å². The molecule has 172 valence electrons. The van der Waals surface area contributed by atoms with Gasteiger partial charge in [0.05, 0.1) is 24.3 Å². The number of aromatic hydroxyl groups is 2. The predicted octanol–water partition coefficient (Wildman–Crippen LogP) is 1.41. The smallest absolute Gasteiger partial charge is 0.338 e. The molecule has 11 heteroatoms. The highest BCUT2D eigenvalue weighted by molar-refractivity contribution is 7.91. The molecule has 0 aliphatic carbocycles. The van der Waals surface area contributed by atoms with E-state index in [9.17, 15) is 28.2 Å². The number of carbonyl (C=O) groups is 2. The van der Waals surface area contributed by atoms with Gasteiger partial charge in [0.1, 0.15) is 21.3 Å². The van der Waals surface area contributed by atoms with Gasteiger partial charge in [0.2, 0.25) is 9.84 Å². The molecule has 0 fully saturated rings. The summed E-state index contributed by atoms with van der Waals surface area (Å²) in [6.07, 6.45) is 1.17. The van der Waals surface area contributed by atoms with Crippen molar-refractivity contribution in [1.29, 1.82) is 0 Å². The Morgan fingerprint density at radius 3 is 1.45 bits per heavy atom. The monoisotopic (exact) mass is 458 g/mol. The van der Waals surface area contributed by atoms with E-state index in [0.29, 0.717) is 12.8 Å². The first-order valence-electron chi connectivity index (χ1n) is 8.97. The summed E-state index contributed by atoms with van der Waals surface area (Å²) in [5.74, 6) is -2.72. The molecule has 0 saturated heterocycles. The maximum atomic E-state index is 13.0. The molecule has 2 aromatic carbocycles. The van der Waals surface area contributed by atoms with Gasteiger partial charge in [0.15, 0.2) is 0 Å². The summed E-state index contributed by atoms with van der Waals surface area (Å²) in [6.45, 7) is 3.93. The van der Waals surface area contributed by atoms with Gasteiger partial charge in [0.25, 0.3) is 0 Å². The Labute approximate surface area is 179 Å². The van der Waals surface area contributed by atoms with Crippen LogP contribution in [0.4, 0.5) is 0 Å². The lowest BCUT2D eigenvalue weighted by atomic mass is 10.2. The van der Waals surface area contributed by atoms with E-state index < -0.39 is 43.1 Å². The van der Waals surface area contributed by atoms with Gasteiger partial charge < -0.3 is 30.6 Å². The number of esters is 2. The summed E-state index contributed by atoms with van der Waals surface area (Å²) < 4.78 is 36.0. The van der Waals surface area contributed by atoms with E-state index >= 15 is 0 Å². The third kappa shape index (κ3) is 6.41. The minimum Gasteiger partial charge on any atom is -0.507 e. The van der Waals surface area contributed by atoms with Crippen molar-refractivity contribution in [3.63, 3.8) is 0 Å². The van der Waals surface area contributed by atoms with Gasteiger partial charge in [-0.1, -0.05) is 13.8 Å². The molecule has 0 aliphatic rings. The fourth-order valence-corrected chi connectivity index (χ4v) is 3.88.